The maximum Gasteiger partial charge on any atom is 0.433 e. The van der Waals surface area contributed by atoms with Gasteiger partial charge >= 0.3 is 6.18 Å². The Balaban J connectivity index is 1.49. The molecule has 8 nitrogen and oxygen atoms in total. The van der Waals surface area contributed by atoms with Crippen molar-refractivity contribution in [1.29, 1.82) is 0 Å². The summed E-state index contributed by atoms with van der Waals surface area (Å²) in [5.74, 6) is -0.799. The number of fused-ring (bicyclic) bond motifs is 1. The Morgan fingerprint density at radius 1 is 1.15 bits per heavy atom. The summed E-state index contributed by atoms with van der Waals surface area (Å²) in [6, 6.07) is 5.16. The predicted octanol–water partition coefficient (Wildman–Crippen LogP) is 4.82. The molecule has 1 amide bonds. The number of alkyl halides is 3. The van der Waals surface area contributed by atoms with Crippen LogP contribution in [0.2, 0.25) is 0 Å². The molecule has 0 bridgehead atoms. The quantitative estimate of drug-likeness (QED) is 0.390. The zero-order valence-corrected chi connectivity index (χ0v) is 18.1. The molecule has 34 heavy (non-hydrogen) atoms. The van der Waals surface area contributed by atoms with Crippen LogP contribution < -0.4 is 10.6 Å². The van der Waals surface area contributed by atoms with Crippen molar-refractivity contribution < 1.29 is 22.4 Å². The second-order valence-electron chi connectivity index (χ2n) is 7.44. The van der Waals surface area contributed by atoms with E-state index in [9.17, 15) is 22.4 Å². The molecule has 4 rings (SSSR count). The average molecular weight is 473 g/mol. The molecule has 1 atom stereocenters. The van der Waals surface area contributed by atoms with Gasteiger partial charge in [0, 0.05) is 24.0 Å². The van der Waals surface area contributed by atoms with E-state index in [0.717, 1.165) is 18.3 Å². The molecule has 12 heteroatoms. The highest BCUT2D eigenvalue weighted by Gasteiger charge is 2.32. The first kappa shape index (κ1) is 23.1. The Morgan fingerprint density at radius 2 is 1.94 bits per heavy atom. The maximum absolute atomic E-state index is 14.5. The average Bonchev–Trinajstić information content (AvgIpc) is 3.22. The number of pyridine rings is 1. The van der Waals surface area contributed by atoms with E-state index in [1.807, 2.05) is 6.92 Å². The molecule has 1 aromatic carbocycles. The van der Waals surface area contributed by atoms with Gasteiger partial charge in [0.1, 0.15) is 22.8 Å². The van der Waals surface area contributed by atoms with Crippen LogP contribution in [0.15, 0.2) is 48.9 Å². The largest absolute Gasteiger partial charge is 0.433 e. The minimum absolute atomic E-state index is 0.0693. The van der Waals surface area contributed by atoms with E-state index in [2.05, 4.69) is 30.7 Å². The van der Waals surface area contributed by atoms with Gasteiger partial charge < -0.3 is 10.6 Å². The summed E-state index contributed by atoms with van der Waals surface area (Å²) in [6.45, 7) is 4.32. The molecule has 176 valence electrons. The second-order valence-corrected chi connectivity index (χ2v) is 7.44. The second kappa shape index (κ2) is 9.04. The summed E-state index contributed by atoms with van der Waals surface area (Å²) < 4.78 is 54.2. The van der Waals surface area contributed by atoms with E-state index in [1.54, 1.807) is 17.8 Å². The third-order valence-corrected chi connectivity index (χ3v) is 5.00. The maximum atomic E-state index is 14.5. The summed E-state index contributed by atoms with van der Waals surface area (Å²) in [7, 11) is 0. The van der Waals surface area contributed by atoms with Gasteiger partial charge in [-0.3, -0.25) is 14.5 Å². The van der Waals surface area contributed by atoms with Gasteiger partial charge in [0.15, 0.2) is 0 Å². The lowest BCUT2D eigenvalue weighted by molar-refractivity contribution is -0.141. The lowest BCUT2D eigenvalue weighted by Crippen LogP contribution is -2.15. The van der Waals surface area contributed by atoms with Gasteiger partial charge in [-0.05, 0) is 44.2 Å². The molecule has 4 aromatic rings. The first-order valence-electron chi connectivity index (χ1n) is 10.2. The first-order chi connectivity index (χ1) is 16.1. The van der Waals surface area contributed by atoms with Crippen molar-refractivity contribution in [2.75, 3.05) is 10.6 Å². The van der Waals surface area contributed by atoms with Crippen LogP contribution in [-0.2, 0) is 12.7 Å². The summed E-state index contributed by atoms with van der Waals surface area (Å²) in [6.07, 6.45) is -0.481. The third kappa shape index (κ3) is 4.95. The van der Waals surface area contributed by atoms with E-state index >= 15 is 0 Å². The van der Waals surface area contributed by atoms with Crippen molar-refractivity contribution in [1.82, 2.24) is 24.7 Å². The number of hydrogen-bond donors (Lipinski definition) is 2. The van der Waals surface area contributed by atoms with Crippen LogP contribution in [0.25, 0.3) is 11.2 Å². The number of halogens is 4. The molecule has 0 aliphatic heterocycles. The Morgan fingerprint density at radius 3 is 2.62 bits per heavy atom. The highest BCUT2D eigenvalue weighted by Crippen LogP contribution is 2.28. The van der Waals surface area contributed by atoms with Crippen LogP contribution in [0.5, 0.6) is 0 Å². The summed E-state index contributed by atoms with van der Waals surface area (Å²) in [5.41, 5.74) is 0.415. The molecule has 0 aliphatic rings. The number of anilines is 2. The molecular weight excluding hydrogens is 454 g/mol. The molecule has 2 N–H and O–H groups in total. The van der Waals surface area contributed by atoms with E-state index in [-0.39, 0.29) is 16.8 Å². The van der Waals surface area contributed by atoms with Gasteiger partial charge in [0.25, 0.3) is 5.91 Å². The molecule has 0 radical (unpaired) electrons. The van der Waals surface area contributed by atoms with Gasteiger partial charge in [-0.1, -0.05) is 0 Å². The zero-order chi connectivity index (χ0) is 24.5. The molecule has 0 saturated heterocycles. The highest BCUT2D eigenvalue weighted by molar-refractivity contribution is 6.04. The molecule has 3 heterocycles. The van der Waals surface area contributed by atoms with Crippen molar-refractivity contribution >= 4 is 28.6 Å². The Bertz CT molecular complexity index is 1340. The summed E-state index contributed by atoms with van der Waals surface area (Å²) in [4.78, 5) is 24.4. The monoisotopic (exact) mass is 473 g/mol. The molecule has 0 saturated carbocycles. The third-order valence-electron chi connectivity index (χ3n) is 5.00. The van der Waals surface area contributed by atoms with Crippen LogP contribution in [0.3, 0.4) is 0 Å². The summed E-state index contributed by atoms with van der Waals surface area (Å²) in [5, 5.41) is 9.90. The van der Waals surface area contributed by atoms with Crippen LogP contribution in [0.1, 0.15) is 41.5 Å². The lowest BCUT2D eigenvalue weighted by atomic mass is 10.1. The number of aryl methyl sites for hydroxylation is 1. The SMILES string of the molecule is CCn1cc2ncc(NC(C)c3cc(NC(=O)c4ccc(C(F)(F)F)nc4)ccc3F)nc2n1. The Kier molecular flexibility index (Phi) is 6.14. The van der Waals surface area contributed by atoms with Gasteiger partial charge in [-0.2, -0.15) is 18.3 Å². The van der Waals surface area contributed by atoms with Crippen molar-refractivity contribution in [3.05, 3.63) is 71.6 Å². The Labute approximate surface area is 191 Å². The number of hydrogen-bond acceptors (Lipinski definition) is 6. The number of carbonyl (C=O) groups excluding carboxylic acids is 1. The van der Waals surface area contributed by atoms with Crippen molar-refractivity contribution in [2.24, 2.45) is 0 Å². The first-order valence-corrected chi connectivity index (χ1v) is 10.2. The van der Waals surface area contributed by atoms with E-state index < -0.39 is 29.6 Å². The number of rotatable bonds is 6. The fourth-order valence-corrected chi connectivity index (χ4v) is 3.23. The van der Waals surface area contributed by atoms with Crippen molar-refractivity contribution in [3.63, 3.8) is 0 Å². The molecular formula is C22H19F4N7O. The topological polar surface area (TPSA) is 97.6 Å². The van der Waals surface area contributed by atoms with E-state index in [4.69, 9.17) is 0 Å². The van der Waals surface area contributed by atoms with Crippen LogP contribution in [0, 0.1) is 5.82 Å². The molecule has 0 fully saturated rings. The van der Waals surface area contributed by atoms with Crippen LogP contribution in [0.4, 0.5) is 29.1 Å². The van der Waals surface area contributed by atoms with Gasteiger partial charge in [-0.15, -0.1) is 0 Å². The number of nitrogens with zero attached hydrogens (tertiary/aromatic N) is 5. The van der Waals surface area contributed by atoms with Crippen LogP contribution in [-0.4, -0.2) is 30.6 Å². The standard InChI is InChI=1S/C22H19F4N7O/c1-3-33-11-17-20(32-33)31-19(10-27-17)29-12(2)15-8-14(5-6-16(15)23)30-21(34)13-4-7-18(28-9-13)22(24,25)26/h4-12H,3H2,1-2H3,(H,30,34)(H,29,31,32). The molecule has 0 spiro atoms. The number of benzene rings is 1. The minimum atomic E-state index is -4.60. The Hall–Kier alpha value is -4.09. The predicted molar refractivity (Wildman–Crippen MR) is 117 cm³/mol. The molecule has 1 unspecified atom stereocenters. The normalized spacial score (nSPS) is 12.5. The number of nitrogens with one attached hydrogen (secondary N) is 2. The van der Waals surface area contributed by atoms with Crippen molar-refractivity contribution in [2.45, 2.75) is 32.6 Å². The fraction of sp³-hybridized carbons (Fsp3) is 0.227. The molecule has 0 aliphatic carbocycles. The number of amides is 1. The van der Waals surface area contributed by atoms with E-state index in [1.165, 1.54) is 24.4 Å². The van der Waals surface area contributed by atoms with Gasteiger partial charge in [-0.25, -0.2) is 14.4 Å². The fourth-order valence-electron chi connectivity index (χ4n) is 3.23. The zero-order valence-electron chi connectivity index (χ0n) is 18.1. The lowest BCUT2D eigenvalue weighted by Gasteiger charge is -2.17. The van der Waals surface area contributed by atoms with Gasteiger partial charge in [0.2, 0.25) is 5.65 Å². The molecule has 3 aromatic heterocycles. The minimum Gasteiger partial charge on any atom is -0.362 e. The highest BCUT2D eigenvalue weighted by atomic mass is 19.4. The van der Waals surface area contributed by atoms with E-state index in [0.29, 0.717) is 23.5 Å². The number of carbonyl (C=O) groups is 1. The summed E-state index contributed by atoms with van der Waals surface area (Å²) >= 11 is 0. The van der Waals surface area contributed by atoms with Crippen LogP contribution >= 0.6 is 0 Å². The smallest absolute Gasteiger partial charge is 0.362 e. The van der Waals surface area contributed by atoms with Gasteiger partial charge in [0.05, 0.1) is 24.0 Å². The van der Waals surface area contributed by atoms with Crippen molar-refractivity contribution in [3.8, 4) is 0 Å². The number of aromatic nitrogens is 5.